The molecule has 112 valence electrons. The fourth-order valence-corrected chi connectivity index (χ4v) is 2.31. The molecule has 3 aromatic rings. The Morgan fingerprint density at radius 1 is 1.09 bits per heavy atom. The summed E-state index contributed by atoms with van der Waals surface area (Å²) in [5, 5.41) is 2.92. The highest BCUT2D eigenvalue weighted by atomic mass is 16.1. The van der Waals surface area contributed by atoms with Gasteiger partial charge in [-0.3, -0.25) is 4.79 Å². The molecule has 0 unspecified atom stereocenters. The van der Waals surface area contributed by atoms with Crippen LogP contribution in [0.3, 0.4) is 0 Å². The Hall–Kier alpha value is -2.62. The third-order valence-corrected chi connectivity index (χ3v) is 3.66. The van der Waals surface area contributed by atoms with Crippen molar-refractivity contribution >= 4 is 17.2 Å². The lowest BCUT2D eigenvalue weighted by atomic mass is 9.87. The number of pyridine rings is 1. The van der Waals surface area contributed by atoms with Gasteiger partial charge in [-0.25, -0.2) is 4.98 Å². The van der Waals surface area contributed by atoms with E-state index in [-0.39, 0.29) is 11.3 Å². The average Bonchev–Trinajstić information content (AvgIpc) is 2.94. The fraction of sp³-hybridized carbons (Fsp3) is 0.222. The van der Waals surface area contributed by atoms with Crippen molar-refractivity contribution in [1.29, 1.82) is 0 Å². The molecular weight excluding hydrogens is 274 g/mol. The van der Waals surface area contributed by atoms with Crippen molar-refractivity contribution in [2.24, 2.45) is 0 Å². The van der Waals surface area contributed by atoms with Gasteiger partial charge in [0.2, 0.25) is 0 Å². The Labute approximate surface area is 129 Å². The molecule has 0 atom stereocenters. The predicted octanol–water partition coefficient (Wildman–Crippen LogP) is 3.88. The molecule has 4 nitrogen and oxygen atoms in total. The molecular formula is C18H19N3O. The number of nitrogens with one attached hydrogen (secondary N) is 1. The highest BCUT2D eigenvalue weighted by Gasteiger charge is 2.13. The van der Waals surface area contributed by atoms with E-state index >= 15 is 0 Å². The molecule has 1 amide bonds. The summed E-state index contributed by atoms with van der Waals surface area (Å²) in [6.07, 6.45) is 5.31. The van der Waals surface area contributed by atoms with E-state index in [1.54, 1.807) is 18.5 Å². The van der Waals surface area contributed by atoms with Crippen LogP contribution in [0.25, 0.3) is 5.65 Å². The van der Waals surface area contributed by atoms with E-state index in [4.69, 9.17) is 0 Å². The molecule has 0 bridgehead atoms. The van der Waals surface area contributed by atoms with E-state index in [1.165, 1.54) is 5.56 Å². The minimum Gasteiger partial charge on any atom is -0.322 e. The van der Waals surface area contributed by atoms with Crippen LogP contribution in [0.5, 0.6) is 0 Å². The van der Waals surface area contributed by atoms with E-state index in [0.29, 0.717) is 5.56 Å². The van der Waals surface area contributed by atoms with Crippen molar-refractivity contribution in [2.75, 3.05) is 5.32 Å². The van der Waals surface area contributed by atoms with Crippen LogP contribution >= 0.6 is 0 Å². The summed E-state index contributed by atoms with van der Waals surface area (Å²) in [6.45, 7) is 6.50. The second-order valence-corrected chi connectivity index (χ2v) is 6.39. The van der Waals surface area contributed by atoms with Gasteiger partial charge in [0.05, 0.1) is 5.56 Å². The van der Waals surface area contributed by atoms with E-state index in [9.17, 15) is 4.79 Å². The number of rotatable bonds is 2. The van der Waals surface area contributed by atoms with Crippen LogP contribution in [-0.2, 0) is 5.41 Å². The minimum atomic E-state index is -0.126. The van der Waals surface area contributed by atoms with Gasteiger partial charge in [0.1, 0.15) is 5.65 Å². The zero-order chi connectivity index (χ0) is 15.7. The zero-order valence-corrected chi connectivity index (χ0v) is 13.0. The molecule has 0 spiro atoms. The number of anilines is 1. The summed E-state index contributed by atoms with van der Waals surface area (Å²) in [5.41, 5.74) is 3.57. The van der Waals surface area contributed by atoms with Gasteiger partial charge in [-0.05, 0) is 35.2 Å². The van der Waals surface area contributed by atoms with Crippen LogP contribution in [-0.4, -0.2) is 15.3 Å². The van der Waals surface area contributed by atoms with Crippen LogP contribution in [0, 0.1) is 0 Å². The molecule has 0 aliphatic rings. The third-order valence-electron chi connectivity index (χ3n) is 3.66. The van der Waals surface area contributed by atoms with Gasteiger partial charge in [0.25, 0.3) is 5.91 Å². The molecule has 0 fully saturated rings. The van der Waals surface area contributed by atoms with Crippen LogP contribution in [0.15, 0.2) is 55.0 Å². The average molecular weight is 293 g/mol. The molecule has 0 aliphatic carbocycles. The lowest BCUT2D eigenvalue weighted by molar-refractivity contribution is 0.102. The highest BCUT2D eigenvalue weighted by molar-refractivity contribution is 6.04. The third kappa shape index (κ3) is 2.86. The van der Waals surface area contributed by atoms with E-state index in [2.05, 4.69) is 43.2 Å². The van der Waals surface area contributed by atoms with Crippen LogP contribution in [0.2, 0.25) is 0 Å². The molecule has 22 heavy (non-hydrogen) atoms. The number of hydrogen-bond donors (Lipinski definition) is 1. The Kier molecular flexibility index (Phi) is 3.45. The van der Waals surface area contributed by atoms with Gasteiger partial charge in [-0.1, -0.05) is 32.9 Å². The van der Waals surface area contributed by atoms with Crippen LogP contribution < -0.4 is 5.32 Å². The molecule has 0 radical (unpaired) electrons. The standard InChI is InChI=1S/C18H19N3O/c1-18(2,3)14-5-7-15(8-6-14)20-17(22)13-4-9-16-19-10-11-21(16)12-13/h4-12H,1-3H3,(H,20,22). The maximum absolute atomic E-state index is 12.3. The van der Waals surface area contributed by atoms with Gasteiger partial charge < -0.3 is 9.72 Å². The van der Waals surface area contributed by atoms with Gasteiger partial charge in [-0.15, -0.1) is 0 Å². The quantitative estimate of drug-likeness (QED) is 0.779. The number of fused-ring (bicyclic) bond motifs is 1. The van der Waals surface area contributed by atoms with Crippen molar-refractivity contribution in [2.45, 2.75) is 26.2 Å². The first-order valence-electron chi connectivity index (χ1n) is 7.28. The van der Waals surface area contributed by atoms with E-state index < -0.39 is 0 Å². The summed E-state index contributed by atoms with van der Waals surface area (Å²) in [6, 6.07) is 11.6. The number of carbonyl (C=O) groups is 1. The topological polar surface area (TPSA) is 46.4 Å². The molecule has 1 aromatic carbocycles. The van der Waals surface area contributed by atoms with Crippen molar-refractivity contribution < 1.29 is 4.79 Å². The predicted molar refractivity (Wildman–Crippen MR) is 88.3 cm³/mol. The summed E-state index contributed by atoms with van der Waals surface area (Å²) in [4.78, 5) is 16.5. The van der Waals surface area contributed by atoms with Crippen molar-refractivity contribution in [3.05, 3.63) is 66.1 Å². The molecule has 3 rings (SSSR count). The van der Waals surface area contributed by atoms with E-state index in [1.807, 2.05) is 28.8 Å². The minimum absolute atomic E-state index is 0.106. The lowest BCUT2D eigenvalue weighted by Gasteiger charge is -2.19. The number of imidazole rings is 1. The van der Waals surface area contributed by atoms with Gasteiger partial charge in [-0.2, -0.15) is 0 Å². The number of benzene rings is 1. The number of amides is 1. The second kappa shape index (κ2) is 5.30. The van der Waals surface area contributed by atoms with E-state index in [0.717, 1.165) is 11.3 Å². The number of aromatic nitrogens is 2. The highest BCUT2D eigenvalue weighted by Crippen LogP contribution is 2.23. The first-order chi connectivity index (χ1) is 10.4. The number of nitrogens with zero attached hydrogens (tertiary/aromatic N) is 2. The van der Waals surface area contributed by atoms with Gasteiger partial charge >= 0.3 is 0 Å². The number of hydrogen-bond acceptors (Lipinski definition) is 2. The zero-order valence-electron chi connectivity index (χ0n) is 13.0. The summed E-state index contributed by atoms with van der Waals surface area (Å²) in [7, 11) is 0. The molecule has 0 saturated carbocycles. The molecule has 2 heterocycles. The fourth-order valence-electron chi connectivity index (χ4n) is 2.31. The molecule has 0 aliphatic heterocycles. The number of carbonyl (C=O) groups excluding carboxylic acids is 1. The summed E-state index contributed by atoms with van der Waals surface area (Å²) in [5.74, 6) is -0.126. The maximum Gasteiger partial charge on any atom is 0.257 e. The normalized spacial score (nSPS) is 11.6. The van der Waals surface area contributed by atoms with Crippen LogP contribution in [0.1, 0.15) is 36.7 Å². The van der Waals surface area contributed by atoms with Gasteiger partial charge in [0.15, 0.2) is 0 Å². The molecule has 4 heteroatoms. The Bertz CT molecular complexity index is 810. The van der Waals surface area contributed by atoms with Crippen LogP contribution in [0.4, 0.5) is 5.69 Å². The first kappa shape index (κ1) is 14.3. The maximum atomic E-state index is 12.3. The summed E-state index contributed by atoms with van der Waals surface area (Å²) >= 11 is 0. The van der Waals surface area contributed by atoms with Crippen molar-refractivity contribution in [3.63, 3.8) is 0 Å². The Morgan fingerprint density at radius 3 is 2.50 bits per heavy atom. The SMILES string of the molecule is CC(C)(C)c1ccc(NC(=O)c2ccc3nccn3c2)cc1. The molecule has 1 N–H and O–H groups in total. The monoisotopic (exact) mass is 293 g/mol. The van der Waals surface area contributed by atoms with Crippen molar-refractivity contribution in [1.82, 2.24) is 9.38 Å². The van der Waals surface area contributed by atoms with Gasteiger partial charge in [0, 0.05) is 24.3 Å². The smallest absolute Gasteiger partial charge is 0.257 e. The first-order valence-corrected chi connectivity index (χ1v) is 7.28. The molecule has 0 saturated heterocycles. The lowest BCUT2D eigenvalue weighted by Crippen LogP contribution is -2.14. The largest absolute Gasteiger partial charge is 0.322 e. The Morgan fingerprint density at radius 2 is 1.82 bits per heavy atom. The molecule has 2 aromatic heterocycles. The van der Waals surface area contributed by atoms with Crippen molar-refractivity contribution in [3.8, 4) is 0 Å². The Balaban J connectivity index is 1.78. The second-order valence-electron chi connectivity index (χ2n) is 6.39. The summed E-state index contributed by atoms with van der Waals surface area (Å²) < 4.78 is 1.83.